The quantitative estimate of drug-likeness (QED) is 0.498. The highest BCUT2D eigenvalue weighted by atomic mass is 35.5. The summed E-state index contributed by atoms with van der Waals surface area (Å²) in [6.07, 6.45) is 5.54. The molecule has 11 heavy (non-hydrogen) atoms. The maximum Gasteiger partial charge on any atom is 0.0661 e. The largest absolute Gasteiger partial charge is 1.00 e. The summed E-state index contributed by atoms with van der Waals surface area (Å²) in [7, 11) is 6.25. The second-order valence-corrected chi connectivity index (χ2v) is 3.21. The molecular formula is C9H24ClN. The van der Waals surface area contributed by atoms with Crippen molar-refractivity contribution >= 4 is 0 Å². The summed E-state index contributed by atoms with van der Waals surface area (Å²) < 4.78 is 0. The van der Waals surface area contributed by atoms with Gasteiger partial charge in [-0.15, -0.1) is 0 Å². The second-order valence-electron chi connectivity index (χ2n) is 3.21. The predicted octanol–water partition coefficient (Wildman–Crippen LogP) is -1.65. The van der Waals surface area contributed by atoms with Crippen molar-refractivity contribution in [3.63, 3.8) is 0 Å². The highest BCUT2D eigenvalue weighted by Gasteiger charge is 1.75. The van der Waals surface area contributed by atoms with Gasteiger partial charge in [-0.1, -0.05) is 39.5 Å². The Morgan fingerprint density at radius 1 is 0.818 bits per heavy atom. The van der Waals surface area contributed by atoms with Crippen molar-refractivity contribution in [2.75, 3.05) is 21.1 Å². The van der Waals surface area contributed by atoms with Gasteiger partial charge >= 0.3 is 0 Å². The van der Waals surface area contributed by atoms with Crippen molar-refractivity contribution in [2.24, 2.45) is 0 Å². The Morgan fingerprint density at radius 2 is 1.00 bits per heavy atom. The van der Waals surface area contributed by atoms with Gasteiger partial charge in [0.25, 0.3) is 0 Å². The third-order valence-electron chi connectivity index (χ3n) is 0.957. The summed E-state index contributed by atoms with van der Waals surface area (Å²) in [5.41, 5.74) is 0. The van der Waals surface area contributed by atoms with Crippen LogP contribution in [0.1, 0.15) is 39.5 Å². The molecule has 0 spiro atoms. The minimum absolute atomic E-state index is 0. The Morgan fingerprint density at radius 3 is 1.09 bits per heavy atom. The standard InChI is InChI=1S/C6H14.C3H9N.ClH/c1-3-5-6-4-2;1-4(2)3;/h3-6H2,1-2H3;1-3H3;1H. The molecule has 0 saturated heterocycles. The third kappa shape index (κ3) is 66.0. The van der Waals surface area contributed by atoms with Gasteiger partial charge in [-0.25, -0.2) is 0 Å². The van der Waals surface area contributed by atoms with E-state index in [0.29, 0.717) is 0 Å². The first kappa shape index (κ1) is 17.4. The van der Waals surface area contributed by atoms with Crippen molar-refractivity contribution in [3.05, 3.63) is 0 Å². The van der Waals surface area contributed by atoms with Gasteiger partial charge in [-0.05, 0) is 0 Å². The number of unbranched alkanes of at least 4 members (excludes halogenated alkanes) is 3. The normalized spacial score (nSPS) is 8.18. The lowest BCUT2D eigenvalue weighted by Crippen LogP contribution is -3.02. The van der Waals surface area contributed by atoms with E-state index in [-0.39, 0.29) is 12.4 Å². The molecule has 0 aromatic rings. The van der Waals surface area contributed by atoms with E-state index in [0.717, 1.165) is 0 Å². The summed E-state index contributed by atoms with van der Waals surface area (Å²) in [4.78, 5) is 1.42. The summed E-state index contributed by atoms with van der Waals surface area (Å²) in [5.74, 6) is 0. The average molecular weight is 182 g/mol. The molecule has 1 N–H and O–H groups in total. The van der Waals surface area contributed by atoms with Crippen LogP contribution in [0.3, 0.4) is 0 Å². The molecule has 72 valence electrons. The summed E-state index contributed by atoms with van der Waals surface area (Å²) in [6.45, 7) is 4.46. The van der Waals surface area contributed by atoms with Crippen LogP contribution in [-0.2, 0) is 0 Å². The van der Waals surface area contributed by atoms with Crippen molar-refractivity contribution in [1.82, 2.24) is 0 Å². The van der Waals surface area contributed by atoms with E-state index < -0.39 is 0 Å². The molecule has 1 nitrogen and oxygen atoms in total. The molecule has 0 aliphatic rings. The average Bonchev–Trinajstić information content (AvgIpc) is 1.82. The second kappa shape index (κ2) is 16.7. The molecule has 2 heteroatoms. The molecule has 0 rings (SSSR count). The van der Waals surface area contributed by atoms with Gasteiger partial charge in [0.15, 0.2) is 0 Å². The zero-order valence-electron chi connectivity index (χ0n) is 8.71. The summed E-state index contributed by atoms with van der Waals surface area (Å²) >= 11 is 0. The number of rotatable bonds is 3. The van der Waals surface area contributed by atoms with E-state index in [9.17, 15) is 0 Å². The molecule has 0 aliphatic carbocycles. The van der Waals surface area contributed by atoms with Crippen LogP contribution in [-0.4, -0.2) is 21.1 Å². The minimum Gasteiger partial charge on any atom is -1.00 e. The molecule has 0 unspecified atom stereocenters. The Labute approximate surface area is 78.6 Å². The fraction of sp³-hybridized carbons (Fsp3) is 1.00. The van der Waals surface area contributed by atoms with Crippen LogP contribution >= 0.6 is 0 Å². The van der Waals surface area contributed by atoms with Gasteiger partial charge in [0.2, 0.25) is 0 Å². The third-order valence-corrected chi connectivity index (χ3v) is 0.957. The van der Waals surface area contributed by atoms with Gasteiger partial charge in [-0.2, -0.15) is 0 Å². The molecule has 0 heterocycles. The van der Waals surface area contributed by atoms with Crippen LogP contribution in [0.4, 0.5) is 0 Å². The Hall–Kier alpha value is 0.250. The molecule has 0 aromatic carbocycles. The molecule has 0 atom stereocenters. The maximum absolute atomic E-state index is 2.23. The number of quaternary nitrogens is 1. The van der Waals surface area contributed by atoms with E-state index in [1.54, 1.807) is 0 Å². The number of hydrogen-bond donors (Lipinski definition) is 1. The van der Waals surface area contributed by atoms with Crippen molar-refractivity contribution in [1.29, 1.82) is 0 Å². The van der Waals surface area contributed by atoms with Gasteiger partial charge in [-0.3, -0.25) is 0 Å². The lowest BCUT2D eigenvalue weighted by Gasteiger charge is -1.88. The van der Waals surface area contributed by atoms with Crippen LogP contribution in [0.25, 0.3) is 0 Å². The molecule has 0 fully saturated rings. The van der Waals surface area contributed by atoms with E-state index in [1.807, 2.05) is 0 Å². The van der Waals surface area contributed by atoms with Crippen LogP contribution < -0.4 is 17.3 Å². The summed E-state index contributed by atoms with van der Waals surface area (Å²) in [5, 5.41) is 0. The molecular weight excluding hydrogens is 158 g/mol. The molecule has 0 saturated carbocycles. The van der Waals surface area contributed by atoms with Gasteiger partial charge in [0.05, 0.1) is 21.1 Å². The first-order valence-corrected chi connectivity index (χ1v) is 4.41. The van der Waals surface area contributed by atoms with E-state index in [4.69, 9.17) is 0 Å². The van der Waals surface area contributed by atoms with Gasteiger partial charge in [0, 0.05) is 0 Å². The molecule has 0 aliphatic heterocycles. The molecule has 0 aromatic heterocycles. The Kier molecular flexibility index (Phi) is 26.3. The van der Waals surface area contributed by atoms with E-state index in [1.165, 1.54) is 30.6 Å². The first-order chi connectivity index (χ1) is 4.65. The molecule has 0 bridgehead atoms. The topological polar surface area (TPSA) is 4.44 Å². The van der Waals surface area contributed by atoms with E-state index in [2.05, 4.69) is 35.0 Å². The van der Waals surface area contributed by atoms with Gasteiger partial charge in [0.1, 0.15) is 0 Å². The van der Waals surface area contributed by atoms with Crippen LogP contribution in [0.2, 0.25) is 0 Å². The van der Waals surface area contributed by atoms with Crippen LogP contribution in [0.15, 0.2) is 0 Å². The maximum atomic E-state index is 2.23. The first-order valence-electron chi connectivity index (χ1n) is 4.41. The monoisotopic (exact) mass is 181 g/mol. The van der Waals surface area contributed by atoms with Gasteiger partial charge < -0.3 is 17.3 Å². The minimum atomic E-state index is 0. The fourth-order valence-electron chi connectivity index (χ4n) is 0.500. The number of nitrogens with one attached hydrogen (secondary N) is 1. The lowest BCUT2D eigenvalue weighted by molar-refractivity contribution is -0.836. The van der Waals surface area contributed by atoms with Crippen molar-refractivity contribution in [2.45, 2.75) is 39.5 Å². The SMILES string of the molecule is CCCCCC.C[NH+](C)C.[Cl-]. The fourth-order valence-corrected chi connectivity index (χ4v) is 0.500. The number of hydrogen-bond acceptors (Lipinski definition) is 0. The smallest absolute Gasteiger partial charge is 0.0661 e. The molecule has 0 amide bonds. The van der Waals surface area contributed by atoms with Crippen LogP contribution in [0.5, 0.6) is 0 Å². The zero-order valence-corrected chi connectivity index (χ0v) is 9.46. The highest BCUT2D eigenvalue weighted by Crippen LogP contribution is 1.95. The lowest BCUT2D eigenvalue weighted by atomic mass is 10.2. The van der Waals surface area contributed by atoms with Crippen molar-refractivity contribution < 1.29 is 17.3 Å². The molecule has 0 radical (unpaired) electrons. The Bertz CT molecular complexity index is 40.1. The zero-order chi connectivity index (χ0) is 8.41. The number of halogens is 1. The highest BCUT2D eigenvalue weighted by molar-refractivity contribution is 4.31. The predicted molar refractivity (Wildman–Crippen MR) is 48.6 cm³/mol. The van der Waals surface area contributed by atoms with E-state index >= 15 is 0 Å². The summed E-state index contributed by atoms with van der Waals surface area (Å²) in [6, 6.07) is 0. The Balaban J connectivity index is -0.000000114. The van der Waals surface area contributed by atoms with Crippen molar-refractivity contribution in [3.8, 4) is 0 Å². The van der Waals surface area contributed by atoms with Crippen LogP contribution in [0, 0.1) is 0 Å².